The van der Waals surface area contributed by atoms with E-state index in [0.717, 1.165) is 19.3 Å². The number of alkyl halides is 1. The first-order valence-electron chi connectivity index (χ1n) is 4.61. The minimum absolute atomic E-state index is 0.0735. The third kappa shape index (κ3) is 3.57. The van der Waals surface area contributed by atoms with E-state index >= 15 is 0 Å². The Morgan fingerprint density at radius 2 is 1.83 bits per heavy atom. The van der Waals surface area contributed by atoms with Gasteiger partial charge in [-0.15, -0.1) is 0 Å². The first-order valence-corrected chi connectivity index (χ1v) is 5.53. The molecule has 1 aliphatic rings. The molecule has 1 saturated heterocycles. The van der Waals surface area contributed by atoms with Crippen molar-refractivity contribution < 1.29 is 9.53 Å². The van der Waals surface area contributed by atoms with Gasteiger partial charge >= 0.3 is 5.97 Å². The highest BCUT2D eigenvalue weighted by Crippen LogP contribution is 2.16. The third-order valence-electron chi connectivity index (χ3n) is 2.10. The molecular formula is C9H15BrO2. The first-order chi connectivity index (χ1) is 5.80. The standard InChI is InChI=1S/C9H15BrO2/c10-8-6-4-2-1-3-5-7-12-9(8)11/h8H,1-7H2. The number of hydrogen-bond acceptors (Lipinski definition) is 2. The molecule has 0 aromatic heterocycles. The van der Waals surface area contributed by atoms with Gasteiger partial charge in [0.15, 0.2) is 0 Å². The molecule has 3 heteroatoms. The van der Waals surface area contributed by atoms with Crippen LogP contribution in [0, 0.1) is 0 Å². The van der Waals surface area contributed by atoms with Gasteiger partial charge in [-0.1, -0.05) is 41.6 Å². The minimum Gasteiger partial charge on any atom is -0.465 e. The van der Waals surface area contributed by atoms with E-state index in [-0.39, 0.29) is 10.8 Å². The quantitative estimate of drug-likeness (QED) is 0.476. The molecule has 1 unspecified atom stereocenters. The molecule has 1 aliphatic heterocycles. The highest BCUT2D eigenvalue weighted by molar-refractivity contribution is 9.10. The van der Waals surface area contributed by atoms with Gasteiger partial charge in [-0.3, -0.25) is 4.79 Å². The molecule has 0 spiro atoms. The molecule has 1 atom stereocenters. The SMILES string of the molecule is O=C1OCCCCCCCC1Br. The van der Waals surface area contributed by atoms with Crippen molar-refractivity contribution in [3.8, 4) is 0 Å². The molecule has 2 nitrogen and oxygen atoms in total. The van der Waals surface area contributed by atoms with E-state index in [2.05, 4.69) is 15.9 Å². The van der Waals surface area contributed by atoms with Crippen LogP contribution in [0.15, 0.2) is 0 Å². The average molecular weight is 235 g/mol. The molecule has 0 N–H and O–H groups in total. The van der Waals surface area contributed by atoms with Crippen LogP contribution in [0.4, 0.5) is 0 Å². The van der Waals surface area contributed by atoms with E-state index in [1.807, 2.05) is 0 Å². The van der Waals surface area contributed by atoms with Crippen molar-refractivity contribution in [2.75, 3.05) is 6.61 Å². The Morgan fingerprint density at radius 1 is 1.17 bits per heavy atom. The van der Waals surface area contributed by atoms with Gasteiger partial charge in [0.2, 0.25) is 0 Å². The molecule has 0 aromatic carbocycles. The summed E-state index contributed by atoms with van der Waals surface area (Å²) in [4.78, 5) is 11.1. The molecule has 1 heterocycles. The van der Waals surface area contributed by atoms with Crippen molar-refractivity contribution in [2.24, 2.45) is 0 Å². The van der Waals surface area contributed by atoms with E-state index in [1.165, 1.54) is 19.3 Å². The monoisotopic (exact) mass is 234 g/mol. The van der Waals surface area contributed by atoms with Crippen LogP contribution in [0.2, 0.25) is 0 Å². The van der Waals surface area contributed by atoms with Gasteiger partial charge in [0.05, 0.1) is 6.61 Å². The summed E-state index contributed by atoms with van der Waals surface area (Å²) in [6.45, 7) is 0.598. The Bertz CT molecular complexity index is 147. The Balaban J connectivity index is 2.31. The zero-order valence-corrected chi connectivity index (χ0v) is 8.81. The second kappa shape index (κ2) is 5.57. The fourth-order valence-corrected chi connectivity index (χ4v) is 1.79. The fraction of sp³-hybridized carbons (Fsp3) is 0.889. The lowest BCUT2D eigenvalue weighted by Gasteiger charge is -2.12. The molecule has 70 valence electrons. The number of esters is 1. The Labute approximate surface area is 81.8 Å². The van der Waals surface area contributed by atoms with Crippen LogP contribution in [-0.2, 0) is 9.53 Å². The molecule has 1 fully saturated rings. The van der Waals surface area contributed by atoms with Gasteiger partial charge in [0.25, 0.3) is 0 Å². The molecule has 0 bridgehead atoms. The maximum absolute atomic E-state index is 11.2. The van der Waals surface area contributed by atoms with Gasteiger partial charge in [0, 0.05) is 0 Å². The second-order valence-electron chi connectivity index (χ2n) is 3.19. The molecule has 0 aliphatic carbocycles. The summed E-state index contributed by atoms with van der Waals surface area (Å²) in [7, 11) is 0. The number of ether oxygens (including phenoxy) is 1. The van der Waals surface area contributed by atoms with Crippen LogP contribution in [0.25, 0.3) is 0 Å². The average Bonchev–Trinajstić information content (AvgIpc) is 2.08. The molecule has 0 amide bonds. The number of carbonyl (C=O) groups is 1. The number of rotatable bonds is 0. The number of hydrogen-bond donors (Lipinski definition) is 0. The van der Waals surface area contributed by atoms with Crippen LogP contribution in [0.1, 0.15) is 38.5 Å². The number of halogens is 1. The summed E-state index contributed by atoms with van der Waals surface area (Å²) in [5.74, 6) is -0.0862. The van der Waals surface area contributed by atoms with Gasteiger partial charge in [-0.05, 0) is 12.8 Å². The van der Waals surface area contributed by atoms with E-state index in [9.17, 15) is 4.79 Å². The smallest absolute Gasteiger partial charge is 0.319 e. The van der Waals surface area contributed by atoms with Gasteiger partial charge in [-0.2, -0.15) is 0 Å². The topological polar surface area (TPSA) is 26.3 Å². The first kappa shape index (κ1) is 10.0. The summed E-state index contributed by atoms with van der Waals surface area (Å²) in [5.41, 5.74) is 0. The Kier molecular flexibility index (Phi) is 4.66. The summed E-state index contributed by atoms with van der Waals surface area (Å²) >= 11 is 3.32. The minimum atomic E-state index is -0.0862. The lowest BCUT2D eigenvalue weighted by atomic mass is 10.1. The van der Waals surface area contributed by atoms with Crippen molar-refractivity contribution in [1.29, 1.82) is 0 Å². The zero-order valence-electron chi connectivity index (χ0n) is 7.22. The van der Waals surface area contributed by atoms with E-state index in [1.54, 1.807) is 0 Å². The summed E-state index contributed by atoms with van der Waals surface area (Å²) in [6.07, 6.45) is 6.78. The molecule has 0 saturated carbocycles. The maximum atomic E-state index is 11.2. The normalized spacial score (nSPS) is 27.8. The van der Waals surface area contributed by atoms with Crippen molar-refractivity contribution in [3.63, 3.8) is 0 Å². The van der Waals surface area contributed by atoms with Gasteiger partial charge in [-0.25, -0.2) is 0 Å². The largest absolute Gasteiger partial charge is 0.465 e. The number of carbonyl (C=O) groups excluding carboxylic acids is 1. The highest BCUT2D eigenvalue weighted by atomic mass is 79.9. The van der Waals surface area contributed by atoms with Crippen molar-refractivity contribution in [1.82, 2.24) is 0 Å². The lowest BCUT2D eigenvalue weighted by Crippen LogP contribution is -2.18. The van der Waals surface area contributed by atoms with Gasteiger partial charge in [0.1, 0.15) is 4.83 Å². The van der Waals surface area contributed by atoms with Crippen LogP contribution in [0.3, 0.4) is 0 Å². The van der Waals surface area contributed by atoms with E-state index < -0.39 is 0 Å². The van der Waals surface area contributed by atoms with Crippen LogP contribution < -0.4 is 0 Å². The summed E-state index contributed by atoms with van der Waals surface area (Å²) in [6, 6.07) is 0. The second-order valence-corrected chi connectivity index (χ2v) is 4.30. The van der Waals surface area contributed by atoms with Gasteiger partial charge < -0.3 is 4.74 Å². The Hall–Kier alpha value is -0.0500. The molecule has 12 heavy (non-hydrogen) atoms. The maximum Gasteiger partial charge on any atom is 0.319 e. The molecule has 1 rings (SSSR count). The zero-order chi connectivity index (χ0) is 8.81. The van der Waals surface area contributed by atoms with E-state index in [0.29, 0.717) is 6.61 Å². The van der Waals surface area contributed by atoms with Crippen molar-refractivity contribution in [2.45, 2.75) is 43.4 Å². The fourth-order valence-electron chi connectivity index (χ4n) is 1.34. The van der Waals surface area contributed by atoms with Crippen molar-refractivity contribution >= 4 is 21.9 Å². The predicted octanol–water partition coefficient (Wildman–Crippen LogP) is 2.65. The lowest BCUT2D eigenvalue weighted by molar-refractivity contribution is -0.143. The van der Waals surface area contributed by atoms with Crippen molar-refractivity contribution in [3.05, 3.63) is 0 Å². The molecule has 0 radical (unpaired) electrons. The highest BCUT2D eigenvalue weighted by Gasteiger charge is 2.16. The van der Waals surface area contributed by atoms with Crippen LogP contribution >= 0.6 is 15.9 Å². The summed E-state index contributed by atoms with van der Waals surface area (Å²) in [5, 5.41) is 0. The molecular weight excluding hydrogens is 220 g/mol. The third-order valence-corrected chi connectivity index (χ3v) is 2.93. The predicted molar refractivity (Wildman–Crippen MR) is 51.4 cm³/mol. The molecule has 0 aromatic rings. The summed E-state index contributed by atoms with van der Waals surface area (Å²) < 4.78 is 5.04. The number of cyclic esters (lactones) is 1. The van der Waals surface area contributed by atoms with Crippen LogP contribution in [0.5, 0.6) is 0 Å². The van der Waals surface area contributed by atoms with Crippen LogP contribution in [-0.4, -0.2) is 17.4 Å². The van der Waals surface area contributed by atoms with E-state index in [4.69, 9.17) is 4.74 Å². The Morgan fingerprint density at radius 3 is 2.67 bits per heavy atom.